The molecule has 0 aliphatic rings. The van der Waals surface area contributed by atoms with Crippen LogP contribution in [0.3, 0.4) is 0 Å². The van der Waals surface area contributed by atoms with Crippen LogP contribution in [0.25, 0.3) is 0 Å². The first kappa shape index (κ1) is 20.8. The van der Waals surface area contributed by atoms with Gasteiger partial charge in [-0.3, -0.25) is 0 Å². The van der Waals surface area contributed by atoms with Gasteiger partial charge in [-0.05, 0) is 0 Å². The van der Waals surface area contributed by atoms with Gasteiger partial charge in [-0.1, -0.05) is 108 Å². The molecular formula is C17H28. The summed E-state index contributed by atoms with van der Waals surface area (Å²) < 4.78 is 0. The van der Waals surface area contributed by atoms with Gasteiger partial charge in [-0.25, -0.2) is 0 Å². The summed E-state index contributed by atoms with van der Waals surface area (Å²) >= 11 is 0. The highest BCUT2D eigenvalue weighted by Gasteiger charge is 1.58. The standard InChI is InChI=1S/2C6H6.2C2H6.CH4/c2*1-2-4-6-5-3-1;2*1-2;/h2*1-6H;2*1-2H3;1H4. The van der Waals surface area contributed by atoms with Gasteiger partial charge in [0.2, 0.25) is 0 Å². The molecule has 96 valence electrons. The highest BCUT2D eigenvalue weighted by molar-refractivity contribution is 4.99. The highest BCUT2D eigenvalue weighted by Crippen LogP contribution is 1.80. The van der Waals surface area contributed by atoms with Crippen molar-refractivity contribution in [1.29, 1.82) is 0 Å². The van der Waals surface area contributed by atoms with E-state index in [4.69, 9.17) is 0 Å². The van der Waals surface area contributed by atoms with Crippen molar-refractivity contribution < 1.29 is 0 Å². The molecule has 0 aliphatic carbocycles. The molecule has 0 aromatic heterocycles. The minimum Gasteiger partial charge on any atom is -0.0776 e. The van der Waals surface area contributed by atoms with E-state index < -0.39 is 0 Å². The molecular weight excluding hydrogens is 204 g/mol. The van der Waals surface area contributed by atoms with Gasteiger partial charge in [0.15, 0.2) is 0 Å². The zero-order chi connectivity index (χ0) is 12.5. The van der Waals surface area contributed by atoms with Crippen molar-refractivity contribution in [3.05, 3.63) is 72.8 Å². The van der Waals surface area contributed by atoms with Crippen molar-refractivity contribution in [2.75, 3.05) is 0 Å². The second kappa shape index (κ2) is 23.9. The average Bonchev–Trinajstić information content (AvgIpc) is 2.48. The molecule has 0 nitrogen and oxygen atoms in total. The Labute approximate surface area is 108 Å². The maximum Gasteiger partial charge on any atom is -0.0623 e. The lowest BCUT2D eigenvalue weighted by Gasteiger charge is -1.69. The van der Waals surface area contributed by atoms with Crippen molar-refractivity contribution in [3.63, 3.8) is 0 Å². The van der Waals surface area contributed by atoms with Crippen LogP contribution in [0, 0.1) is 0 Å². The van der Waals surface area contributed by atoms with Crippen molar-refractivity contribution in [3.8, 4) is 0 Å². The van der Waals surface area contributed by atoms with E-state index in [1.54, 1.807) is 0 Å². The SMILES string of the molecule is C.CC.CC.c1ccccc1.c1ccccc1. The first-order valence-electron chi connectivity index (χ1n) is 6.00. The van der Waals surface area contributed by atoms with Gasteiger partial charge in [0.1, 0.15) is 0 Å². The van der Waals surface area contributed by atoms with Crippen molar-refractivity contribution >= 4 is 0 Å². The molecule has 0 aliphatic heterocycles. The van der Waals surface area contributed by atoms with Gasteiger partial charge in [0, 0.05) is 0 Å². The normalized spacial score (nSPS) is 6.35. The Morgan fingerprint density at radius 2 is 0.353 bits per heavy atom. The lowest BCUT2D eigenvalue weighted by molar-refractivity contribution is 1.50. The van der Waals surface area contributed by atoms with E-state index in [1.165, 1.54) is 0 Å². The molecule has 0 heterocycles. The van der Waals surface area contributed by atoms with E-state index >= 15 is 0 Å². The Bertz CT molecular complexity index is 175. The summed E-state index contributed by atoms with van der Waals surface area (Å²) in [5.74, 6) is 0. The van der Waals surface area contributed by atoms with Gasteiger partial charge < -0.3 is 0 Å². The first-order chi connectivity index (χ1) is 8.00. The summed E-state index contributed by atoms with van der Waals surface area (Å²) in [6, 6.07) is 24.0. The fourth-order valence-corrected chi connectivity index (χ4v) is 0.770. The Balaban J connectivity index is -0.000000171. The highest BCUT2D eigenvalue weighted by atomic mass is 13.7. The lowest BCUT2D eigenvalue weighted by Crippen LogP contribution is -1.47. The van der Waals surface area contributed by atoms with Crippen molar-refractivity contribution in [2.24, 2.45) is 0 Å². The Hall–Kier alpha value is -1.56. The topological polar surface area (TPSA) is 0 Å². The van der Waals surface area contributed by atoms with E-state index in [-0.39, 0.29) is 7.43 Å². The second-order valence-corrected chi connectivity index (χ2v) is 2.31. The van der Waals surface area contributed by atoms with Crippen LogP contribution in [0.15, 0.2) is 72.8 Å². The van der Waals surface area contributed by atoms with Crippen LogP contribution in [-0.2, 0) is 0 Å². The monoisotopic (exact) mass is 232 g/mol. The average molecular weight is 232 g/mol. The summed E-state index contributed by atoms with van der Waals surface area (Å²) in [5.41, 5.74) is 0. The quantitative estimate of drug-likeness (QED) is 0.517. The van der Waals surface area contributed by atoms with Crippen LogP contribution in [0.1, 0.15) is 35.1 Å². The predicted molar refractivity (Wildman–Crippen MR) is 82.3 cm³/mol. The van der Waals surface area contributed by atoms with Crippen molar-refractivity contribution in [2.45, 2.75) is 35.1 Å². The summed E-state index contributed by atoms with van der Waals surface area (Å²) in [6.07, 6.45) is 0. The van der Waals surface area contributed by atoms with Crippen LogP contribution in [0.5, 0.6) is 0 Å². The smallest absolute Gasteiger partial charge is 0.0623 e. The third-order valence-corrected chi connectivity index (χ3v) is 1.33. The molecule has 0 bridgehead atoms. The number of rotatable bonds is 0. The molecule has 0 atom stereocenters. The van der Waals surface area contributed by atoms with Crippen LogP contribution in [-0.4, -0.2) is 0 Å². The van der Waals surface area contributed by atoms with Gasteiger partial charge in [0.05, 0.1) is 0 Å². The minimum atomic E-state index is 0. The summed E-state index contributed by atoms with van der Waals surface area (Å²) in [7, 11) is 0. The van der Waals surface area contributed by atoms with Crippen LogP contribution in [0.2, 0.25) is 0 Å². The van der Waals surface area contributed by atoms with Crippen LogP contribution < -0.4 is 0 Å². The molecule has 0 amide bonds. The molecule has 2 aromatic carbocycles. The van der Waals surface area contributed by atoms with Crippen LogP contribution in [0.4, 0.5) is 0 Å². The maximum absolute atomic E-state index is 2.00. The molecule has 2 rings (SSSR count). The summed E-state index contributed by atoms with van der Waals surface area (Å²) in [5, 5.41) is 0. The largest absolute Gasteiger partial charge is 0.0776 e. The second-order valence-electron chi connectivity index (χ2n) is 2.31. The van der Waals surface area contributed by atoms with Crippen LogP contribution >= 0.6 is 0 Å². The Kier molecular flexibility index (Phi) is 29.3. The number of benzene rings is 2. The van der Waals surface area contributed by atoms with E-state index in [1.807, 2.05) is 100 Å². The molecule has 0 saturated carbocycles. The van der Waals surface area contributed by atoms with E-state index in [2.05, 4.69) is 0 Å². The summed E-state index contributed by atoms with van der Waals surface area (Å²) in [6.45, 7) is 8.00. The zero-order valence-electron chi connectivity index (χ0n) is 10.9. The van der Waals surface area contributed by atoms with Gasteiger partial charge >= 0.3 is 0 Å². The van der Waals surface area contributed by atoms with E-state index in [0.717, 1.165) is 0 Å². The lowest BCUT2D eigenvalue weighted by atomic mass is 10.4. The number of hydrogen-bond donors (Lipinski definition) is 0. The Morgan fingerprint density at radius 1 is 0.294 bits per heavy atom. The minimum absolute atomic E-state index is 0. The van der Waals surface area contributed by atoms with Crippen molar-refractivity contribution in [1.82, 2.24) is 0 Å². The fourth-order valence-electron chi connectivity index (χ4n) is 0.770. The maximum atomic E-state index is 2.00. The van der Waals surface area contributed by atoms with E-state index in [9.17, 15) is 0 Å². The molecule has 0 N–H and O–H groups in total. The molecule has 0 fully saturated rings. The van der Waals surface area contributed by atoms with Gasteiger partial charge in [-0.15, -0.1) is 0 Å². The third-order valence-electron chi connectivity index (χ3n) is 1.33. The Morgan fingerprint density at radius 3 is 0.412 bits per heavy atom. The third kappa shape index (κ3) is 20.5. The summed E-state index contributed by atoms with van der Waals surface area (Å²) in [4.78, 5) is 0. The number of hydrogen-bond acceptors (Lipinski definition) is 0. The molecule has 0 spiro atoms. The molecule has 0 saturated heterocycles. The molecule has 0 unspecified atom stereocenters. The van der Waals surface area contributed by atoms with E-state index in [0.29, 0.717) is 0 Å². The molecule has 2 aromatic rings. The predicted octanol–water partition coefficient (Wildman–Crippen LogP) is 6.06. The molecule has 0 radical (unpaired) electrons. The fraction of sp³-hybridized carbons (Fsp3) is 0.294. The molecule has 17 heavy (non-hydrogen) atoms. The zero-order valence-corrected chi connectivity index (χ0v) is 10.9. The molecule has 0 heteroatoms. The van der Waals surface area contributed by atoms with Gasteiger partial charge in [-0.2, -0.15) is 0 Å². The first-order valence-corrected chi connectivity index (χ1v) is 6.00. The van der Waals surface area contributed by atoms with Gasteiger partial charge in [0.25, 0.3) is 0 Å².